The van der Waals surface area contributed by atoms with E-state index >= 15 is 0 Å². The number of aliphatic imine (C=N–C) groups is 1. The van der Waals surface area contributed by atoms with Gasteiger partial charge in [-0.25, -0.2) is 9.38 Å². The number of thioether (sulfide) groups is 1. The molecule has 0 aromatic heterocycles. The van der Waals surface area contributed by atoms with Crippen molar-refractivity contribution in [3.8, 4) is 5.75 Å². The summed E-state index contributed by atoms with van der Waals surface area (Å²) >= 11 is 1.37. The third-order valence-electron chi connectivity index (χ3n) is 2.59. The Morgan fingerprint density at radius 2 is 2.00 bits per heavy atom. The number of ether oxygens (including phenoxy) is 1. The van der Waals surface area contributed by atoms with Gasteiger partial charge in [-0.05, 0) is 42.0 Å². The first-order valence-corrected chi connectivity index (χ1v) is 7.01. The predicted octanol–water partition coefficient (Wildman–Crippen LogP) is 3.71. The van der Waals surface area contributed by atoms with Gasteiger partial charge in [0.05, 0.1) is 12.8 Å². The van der Waals surface area contributed by atoms with Crippen LogP contribution < -0.4 is 10.5 Å². The first-order chi connectivity index (χ1) is 9.67. The summed E-state index contributed by atoms with van der Waals surface area (Å²) < 4.78 is 18.1. The summed E-state index contributed by atoms with van der Waals surface area (Å²) in [5.74, 6) is 1.12. The normalized spacial score (nSPS) is 11.4. The van der Waals surface area contributed by atoms with Crippen LogP contribution in [0.3, 0.4) is 0 Å². The molecule has 0 aliphatic rings. The maximum absolute atomic E-state index is 13.0. The van der Waals surface area contributed by atoms with Crippen molar-refractivity contribution >= 4 is 22.6 Å². The fraction of sp³-hybridized carbons (Fsp3) is 0.133. The molecular weight excluding hydrogens is 275 g/mol. The van der Waals surface area contributed by atoms with Gasteiger partial charge >= 0.3 is 0 Å². The third kappa shape index (κ3) is 4.28. The lowest BCUT2D eigenvalue weighted by Gasteiger charge is -2.03. The number of nitrogens with zero attached hydrogens (tertiary/aromatic N) is 1. The van der Waals surface area contributed by atoms with Crippen LogP contribution in [0.25, 0.3) is 0 Å². The molecule has 0 unspecified atom stereocenters. The van der Waals surface area contributed by atoms with Gasteiger partial charge in [0.1, 0.15) is 11.6 Å². The summed E-state index contributed by atoms with van der Waals surface area (Å²) in [5, 5.41) is 0.444. The highest BCUT2D eigenvalue weighted by Gasteiger charge is 1.99. The molecule has 0 spiro atoms. The second-order valence-corrected chi connectivity index (χ2v) is 5.06. The smallest absolute Gasteiger partial charge is 0.159 e. The van der Waals surface area contributed by atoms with Gasteiger partial charge in [0.15, 0.2) is 5.17 Å². The third-order valence-corrected chi connectivity index (χ3v) is 3.45. The molecule has 3 nitrogen and oxygen atoms in total. The highest BCUT2D eigenvalue weighted by atomic mass is 32.2. The lowest BCUT2D eigenvalue weighted by molar-refractivity contribution is 0.415. The number of amidine groups is 1. The molecule has 2 aromatic carbocycles. The molecule has 2 aromatic rings. The minimum Gasteiger partial charge on any atom is -0.497 e. The zero-order valence-corrected chi connectivity index (χ0v) is 11.9. The Morgan fingerprint density at radius 1 is 1.25 bits per heavy atom. The number of methoxy groups -OCH3 is 1. The average molecular weight is 290 g/mol. The van der Waals surface area contributed by atoms with Gasteiger partial charge < -0.3 is 10.5 Å². The van der Waals surface area contributed by atoms with Crippen molar-refractivity contribution in [2.45, 2.75) is 5.75 Å². The van der Waals surface area contributed by atoms with Crippen LogP contribution >= 0.6 is 11.8 Å². The van der Waals surface area contributed by atoms with E-state index in [1.54, 1.807) is 13.2 Å². The molecule has 0 aliphatic heterocycles. The molecular formula is C15H15FN2OS. The second-order valence-electron chi connectivity index (χ2n) is 4.07. The van der Waals surface area contributed by atoms with Gasteiger partial charge in [0.25, 0.3) is 0 Å². The van der Waals surface area contributed by atoms with Gasteiger partial charge in [-0.3, -0.25) is 0 Å². The van der Waals surface area contributed by atoms with E-state index in [1.165, 1.54) is 23.9 Å². The fourth-order valence-corrected chi connectivity index (χ4v) is 2.26. The molecule has 5 heteroatoms. The Kier molecular flexibility index (Phi) is 5.01. The average Bonchev–Trinajstić information content (AvgIpc) is 2.46. The summed E-state index contributed by atoms with van der Waals surface area (Å²) in [6.45, 7) is 0. The van der Waals surface area contributed by atoms with Gasteiger partial charge in [-0.2, -0.15) is 0 Å². The van der Waals surface area contributed by atoms with Crippen LogP contribution in [0, 0.1) is 5.82 Å². The van der Waals surface area contributed by atoms with Crippen LogP contribution in [0.4, 0.5) is 10.1 Å². The highest BCUT2D eigenvalue weighted by Crippen LogP contribution is 2.20. The topological polar surface area (TPSA) is 47.6 Å². The zero-order chi connectivity index (χ0) is 14.4. The zero-order valence-electron chi connectivity index (χ0n) is 11.0. The minimum atomic E-state index is -0.242. The Morgan fingerprint density at radius 3 is 2.65 bits per heavy atom. The molecule has 0 fully saturated rings. The van der Waals surface area contributed by atoms with Crippen LogP contribution in [0.5, 0.6) is 5.75 Å². The van der Waals surface area contributed by atoms with Crippen molar-refractivity contribution in [3.05, 3.63) is 59.9 Å². The first-order valence-electron chi connectivity index (χ1n) is 6.03. The van der Waals surface area contributed by atoms with Crippen LogP contribution in [-0.4, -0.2) is 12.3 Å². The van der Waals surface area contributed by atoms with E-state index in [-0.39, 0.29) is 5.82 Å². The van der Waals surface area contributed by atoms with Crippen molar-refractivity contribution in [1.82, 2.24) is 0 Å². The molecule has 0 radical (unpaired) electrons. The van der Waals surface area contributed by atoms with Crippen molar-refractivity contribution in [2.24, 2.45) is 10.7 Å². The lowest BCUT2D eigenvalue weighted by Crippen LogP contribution is -2.06. The molecule has 0 amide bonds. The summed E-state index contributed by atoms with van der Waals surface area (Å²) in [5.41, 5.74) is 7.49. The SMILES string of the molecule is COc1ccc(N=C(N)SCc2cccc(F)c2)cc1. The maximum Gasteiger partial charge on any atom is 0.159 e. The quantitative estimate of drug-likeness (QED) is 0.689. The lowest BCUT2D eigenvalue weighted by atomic mass is 10.2. The number of halogens is 1. The molecule has 104 valence electrons. The van der Waals surface area contributed by atoms with E-state index in [0.717, 1.165) is 17.0 Å². The van der Waals surface area contributed by atoms with Crippen molar-refractivity contribution in [3.63, 3.8) is 0 Å². The molecule has 0 aliphatic carbocycles. The number of nitrogens with two attached hydrogens (primary N) is 1. The Balaban J connectivity index is 1.96. The monoisotopic (exact) mass is 290 g/mol. The van der Waals surface area contributed by atoms with E-state index in [0.29, 0.717) is 10.9 Å². The molecule has 2 N–H and O–H groups in total. The summed E-state index contributed by atoms with van der Waals surface area (Å²) in [6, 6.07) is 13.8. The van der Waals surface area contributed by atoms with Crippen LogP contribution in [0.1, 0.15) is 5.56 Å². The summed E-state index contributed by atoms with van der Waals surface area (Å²) in [7, 11) is 1.61. The van der Waals surface area contributed by atoms with E-state index in [1.807, 2.05) is 30.3 Å². The fourth-order valence-electron chi connectivity index (χ4n) is 1.60. The summed E-state index contributed by atoms with van der Waals surface area (Å²) in [6.07, 6.45) is 0. The van der Waals surface area contributed by atoms with Crippen molar-refractivity contribution in [1.29, 1.82) is 0 Å². The Labute approximate surface area is 121 Å². The van der Waals surface area contributed by atoms with Crippen molar-refractivity contribution < 1.29 is 9.13 Å². The van der Waals surface area contributed by atoms with Gasteiger partial charge in [0, 0.05) is 5.75 Å². The van der Waals surface area contributed by atoms with Gasteiger partial charge in [-0.1, -0.05) is 23.9 Å². The standard InChI is InChI=1S/C15H15FN2OS/c1-19-14-7-5-13(6-8-14)18-15(17)20-10-11-3-2-4-12(16)9-11/h2-9H,10H2,1H3,(H2,17,18). The van der Waals surface area contributed by atoms with Crippen LogP contribution in [-0.2, 0) is 5.75 Å². The molecule has 0 saturated heterocycles. The first kappa shape index (κ1) is 14.4. The number of hydrogen-bond donors (Lipinski definition) is 1. The van der Waals surface area contributed by atoms with E-state index in [2.05, 4.69) is 4.99 Å². The number of hydrogen-bond acceptors (Lipinski definition) is 3. The molecule has 0 saturated carbocycles. The highest BCUT2D eigenvalue weighted by molar-refractivity contribution is 8.13. The number of rotatable bonds is 4. The molecule has 0 bridgehead atoms. The largest absolute Gasteiger partial charge is 0.497 e. The molecule has 0 heterocycles. The maximum atomic E-state index is 13.0. The van der Waals surface area contributed by atoms with Crippen LogP contribution in [0.15, 0.2) is 53.5 Å². The minimum absolute atomic E-state index is 0.242. The molecule has 0 atom stereocenters. The van der Waals surface area contributed by atoms with Gasteiger partial charge in [0.2, 0.25) is 0 Å². The van der Waals surface area contributed by atoms with E-state index in [4.69, 9.17) is 10.5 Å². The number of benzene rings is 2. The predicted molar refractivity (Wildman–Crippen MR) is 82.0 cm³/mol. The van der Waals surface area contributed by atoms with E-state index in [9.17, 15) is 4.39 Å². The Hall–Kier alpha value is -2.01. The Bertz CT molecular complexity index is 599. The summed E-state index contributed by atoms with van der Waals surface area (Å²) in [4.78, 5) is 4.28. The van der Waals surface area contributed by atoms with Gasteiger partial charge in [-0.15, -0.1) is 0 Å². The molecule has 2 rings (SSSR count). The molecule has 20 heavy (non-hydrogen) atoms. The van der Waals surface area contributed by atoms with Crippen molar-refractivity contribution in [2.75, 3.05) is 7.11 Å². The second kappa shape index (κ2) is 6.96. The van der Waals surface area contributed by atoms with E-state index < -0.39 is 0 Å². The van der Waals surface area contributed by atoms with Crippen LogP contribution in [0.2, 0.25) is 0 Å².